The van der Waals surface area contributed by atoms with Crippen LogP contribution in [0.3, 0.4) is 0 Å². The molecule has 2 aromatic rings. The van der Waals surface area contributed by atoms with E-state index >= 15 is 0 Å². The van der Waals surface area contributed by atoms with Gasteiger partial charge in [-0.05, 0) is 12.1 Å². The minimum absolute atomic E-state index is 0.159. The molecule has 2 heterocycles. The highest BCUT2D eigenvalue weighted by atomic mass is 19.4. The molecule has 0 bridgehead atoms. The van der Waals surface area contributed by atoms with Crippen LogP contribution in [0.25, 0.3) is 5.69 Å². The fraction of sp³-hybridized carbons (Fsp3) is 0.0667. The largest absolute Gasteiger partial charge is 0.573 e. The number of nitrogen functional groups attached to an aromatic ring is 1. The topological polar surface area (TPSA) is 127 Å². The summed E-state index contributed by atoms with van der Waals surface area (Å²) in [6, 6.07) is 5.35. The van der Waals surface area contributed by atoms with Gasteiger partial charge in [-0.3, -0.25) is 24.3 Å². The third kappa shape index (κ3) is 2.73. The number of carbonyl (C=O) groups is 2. The van der Waals surface area contributed by atoms with Gasteiger partial charge in [-0.1, -0.05) is 0 Å². The standard InChI is InChI=1S/C15H7F3N4O4/c16-15(17,18)26-9-3-6(5-19)1-2-8(9)22-10(23)4-7-11(12(22)20)14(25)21-13(7)24/h1-4H,20H2,(H,21,24,25). The molecule has 1 aliphatic heterocycles. The van der Waals surface area contributed by atoms with E-state index in [0.717, 1.165) is 24.3 Å². The minimum atomic E-state index is -5.11. The minimum Gasteiger partial charge on any atom is -0.403 e. The first kappa shape index (κ1) is 17.0. The first-order valence-electron chi connectivity index (χ1n) is 6.84. The van der Waals surface area contributed by atoms with Gasteiger partial charge in [0.2, 0.25) is 0 Å². The van der Waals surface area contributed by atoms with Crippen molar-refractivity contribution < 1.29 is 27.5 Å². The molecule has 3 N–H and O–H groups in total. The van der Waals surface area contributed by atoms with E-state index in [1.54, 1.807) is 6.07 Å². The molecular formula is C15H7F3N4O4. The third-order valence-electron chi connectivity index (χ3n) is 3.51. The number of ether oxygens (including phenoxy) is 1. The Morgan fingerprint density at radius 1 is 1.15 bits per heavy atom. The average molecular weight is 364 g/mol. The molecule has 0 saturated heterocycles. The quantitative estimate of drug-likeness (QED) is 0.768. The second kappa shape index (κ2) is 5.62. The summed E-state index contributed by atoms with van der Waals surface area (Å²) in [5.74, 6) is -3.13. The summed E-state index contributed by atoms with van der Waals surface area (Å²) in [6.45, 7) is 0. The maximum Gasteiger partial charge on any atom is 0.573 e. The molecule has 0 spiro atoms. The van der Waals surface area contributed by atoms with Crippen LogP contribution in [-0.4, -0.2) is 22.7 Å². The Kier molecular flexibility index (Phi) is 3.68. The zero-order chi connectivity index (χ0) is 19.2. The summed E-state index contributed by atoms with van der Waals surface area (Å²) in [4.78, 5) is 35.8. The van der Waals surface area contributed by atoms with Crippen LogP contribution in [0.2, 0.25) is 0 Å². The molecule has 0 atom stereocenters. The van der Waals surface area contributed by atoms with Crippen molar-refractivity contribution in [2.45, 2.75) is 6.36 Å². The first-order chi connectivity index (χ1) is 12.1. The maximum absolute atomic E-state index is 12.7. The zero-order valence-electron chi connectivity index (χ0n) is 12.5. The monoisotopic (exact) mass is 364 g/mol. The van der Waals surface area contributed by atoms with Crippen molar-refractivity contribution in [3.63, 3.8) is 0 Å². The van der Waals surface area contributed by atoms with E-state index in [1.165, 1.54) is 0 Å². The van der Waals surface area contributed by atoms with E-state index in [9.17, 15) is 27.6 Å². The number of hydrogen-bond acceptors (Lipinski definition) is 6. The van der Waals surface area contributed by atoms with Gasteiger partial charge < -0.3 is 10.5 Å². The highest BCUT2D eigenvalue weighted by Crippen LogP contribution is 2.32. The second-order valence-corrected chi connectivity index (χ2v) is 5.12. The molecule has 0 radical (unpaired) electrons. The molecule has 2 amide bonds. The Morgan fingerprint density at radius 3 is 2.46 bits per heavy atom. The summed E-state index contributed by atoms with van der Waals surface area (Å²) in [7, 11) is 0. The third-order valence-corrected chi connectivity index (χ3v) is 3.51. The molecule has 26 heavy (non-hydrogen) atoms. The van der Waals surface area contributed by atoms with Crippen LogP contribution in [0.5, 0.6) is 5.75 Å². The lowest BCUT2D eigenvalue weighted by atomic mass is 10.1. The van der Waals surface area contributed by atoms with E-state index in [2.05, 4.69) is 4.74 Å². The zero-order valence-corrected chi connectivity index (χ0v) is 12.5. The van der Waals surface area contributed by atoms with E-state index in [-0.39, 0.29) is 16.7 Å². The summed E-state index contributed by atoms with van der Waals surface area (Å²) >= 11 is 0. The molecule has 3 rings (SSSR count). The second-order valence-electron chi connectivity index (χ2n) is 5.12. The predicted octanol–water partition coefficient (Wildman–Crippen LogP) is 1.07. The van der Waals surface area contributed by atoms with Gasteiger partial charge in [-0.15, -0.1) is 13.2 Å². The number of halogens is 3. The Bertz CT molecular complexity index is 1070. The highest BCUT2D eigenvalue weighted by molar-refractivity contribution is 6.23. The summed E-state index contributed by atoms with van der Waals surface area (Å²) in [5, 5.41) is 10.8. The normalized spacial score (nSPS) is 13.2. The molecule has 0 fully saturated rings. The van der Waals surface area contributed by atoms with Crippen molar-refractivity contribution in [3.05, 3.63) is 51.3 Å². The van der Waals surface area contributed by atoms with E-state index in [0.29, 0.717) is 4.57 Å². The number of amides is 2. The number of aromatic nitrogens is 1. The van der Waals surface area contributed by atoms with E-state index in [1.807, 2.05) is 5.32 Å². The van der Waals surface area contributed by atoms with Crippen molar-refractivity contribution in [3.8, 4) is 17.5 Å². The Hall–Kier alpha value is -3.81. The summed E-state index contributed by atoms with van der Waals surface area (Å²) < 4.78 is 42.5. The van der Waals surface area contributed by atoms with Gasteiger partial charge in [0.25, 0.3) is 17.4 Å². The number of rotatable bonds is 2. The van der Waals surface area contributed by atoms with Crippen molar-refractivity contribution in [1.29, 1.82) is 5.26 Å². The number of nitrogens with two attached hydrogens (primary N) is 1. The molecule has 0 unspecified atom stereocenters. The number of nitrogens with zero attached hydrogens (tertiary/aromatic N) is 2. The number of alkyl halides is 3. The Balaban J connectivity index is 2.30. The van der Waals surface area contributed by atoms with Gasteiger partial charge >= 0.3 is 6.36 Å². The number of fused-ring (bicyclic) bond motifs is 1. The predicted molar refractivity (Wildman–Crippen MR) is 79.6 cm³/mol. The van der Waals surface area contributed by atoms with Crippen LogP contribution in [0.4, 0.5) is 19.0 Å². The number of carbonyl (C=O) groups excluding carboxylic acids is 2. The number of nitrogens with one attached hydrogen (secondary N) is 1. The van der Waals surface area contributed by atoms with Crippen LogP contribution in [0.1, 0.15) is 26.3 Å². The smallest absolute Gasteiger partial charge is 0.403 e. The van der Waals surface area contributed by atoms with Crippen molar-refractivity contribution >= 4 is 17.6 Å². The van der Waals surface area contributed by atoms with Crippen LogP contribution in [0, 0.1) is 11.3 Å². The van der Waals surface area contributed by atoms with Crippen molar-refractivity contribution in [2.75, 3.05) is 5.73 Å². The van der Waals surface area contributed by atoms with Gasteiger partial charge in [0, 0.05) is 12.1 Å². The maximum atomic E-state index is 12.7. The van der Waals surface area contributed by atoms with Gasteiger partial charge in [-0.2, -0.15) is 5.26 Å². The summed E-state index contributed by atoms with van der Waals surface area (Å²) in [5.41, 5.74) is 3.60. The van der Waals surface area contributed by atoms with Crippen LogP contribution >= 0.6 is 0 Å². The number of imide groups is 1. The molecule has 1 aliphatic rings. The molecule has 1 aromatic heterocycles. The van der Waals surface area contributed by atoms with Crippen LogP contribution in [-0.2, 0) is 0 Å². The van der Waals surface area contributed by atoms with Gasteiger partial charge in [-0.25, -0.2) is 0 Å². The number of nitriles is 1. The SMILES string of the molecule is N#Cc1ccc(-n2c(N)c3c(cc2=O)C(=O)NC3=O)c(OC(F)(F)F)c1. The number of benzene rings is 1. The van der Waals surface area contributed by atoms with Crippen molar-refractivity contribution in [1.82, 2.24) is 9.88 Å². The fourth-order valence-electron chi connectivity index (χ4n) is 2.50. The van der Waals surface area contributed by atoms with Crippen LogP contribution < -0.4 is 21.3 Å². The molecule has 1 aromatic carbocycles. The Morgan fingerprint density at radius 2 is 1.85 bits per heavy atom. The molecule has 0 saturated carbocycles. The molecule has 132 valence electrons. The first-order valence-corrected chi connectivity index (χ1v) is 6.84. The molecular weight excluding hydrogens is 357 g/mol. The van der Waals surface area contributed by atoms with Crippen LogP contribution in [0.15, 0.2) is 29.1 Å². The number of pyridine rings is 1. The van der Waals surface area contributed by atoms with E-state index in [4.69, 9.17) is 11.0 Å². The lowest BCUT2D eigenvalue weighted by Crippen LogP contribution is -2.26. The van der Waals surface area contributed by atoms with E-state index < -0.39 is 41.0 Å². The lowest BCUT2D eigenvalue weighted by Gasteiger charge is -2.17. The average Bonchev–Trinajstić information content (AvgIpc) is 2.81. The fourth-order valence-corrected chi connectivity index (χ4v) is 2.50. The van der Waals surface area contributed by atoms with Gasteiger partial charge in [0.1, 0.15) is 5.82 Å². The van der Waals surface area contributed by atoms with Gasteiger partial charge in [0.15, 0.2) is 5.75 Å². The number of anilines is 1. The molecule has 11 heteroatoms. The van der Waals surface area contributed by atoms with Gasteiger partial charge in [0.05, 0.1) is 28.4 Å². The van der Waals surface area contributed by atoms with Crippen molar-refractivity contribution in [2.24, 2.45) is 0 Å². The lowest BCUT2D eigenvalue weighted by molar-refractivity contribution is -0.274. The summed E-state index contributed by atoms with van der Waals surface area (Å²) in [6.07, 6.45) is -5.11. The molecule has 0 aliphatic carbocycles. The Labute approximate surface area is 142 Å². The molecule has 8 nitrogen and oxygen atoms in total. The number of hydrogen-bond donors (Lipinski definition) is 2. The highest BCUT2D eigenvalue weighted by Gasteiger charge is 2.35.